The van der Waals surface area contributed by atoms with E-state index < -0.39 is 5.97 Å². The minimum atomic E-state index is -0.659. The summed E-state index contributed by atoms with van der Waals surface area (Å²) in [6, 6.07) is 4.03. The highest BCUT2D eigenvalue weighted by atomic mass is 16.4. The van der Waals surface area contributed by atoms with Crippen molar-refractivity contribution in [1.29, 1.82) is 0 Å². The number of aryl methyl sites for hydroxylation is 1. The zero-order valence-corrected chi connectivity index (χ0v) is 12.0. The number of carboxylic acid groups (broad SMARTS) is 1. The minimum absolute atomic E-state index is 0.117. The van der Waals surface area contributed by atoms with E-state index in [1.54, 1.807) is 0 Å². The van der Waals surface area contributed by atoms with Crippen LogP contribution in [0.4, 0.5) is 0 Å². The van der Waals surface area contributed by atoms with Gasteiger partial charge in [0, 0.05) is 11.9 Å². The maximum atomic E-state index is 11.5. The number of pyridine rings is 1. The first-order valence-corrected chi connectivity index (χ1v) is 7.14. The second-order valence-electron chi connectivity index (χ2n) is 6.10. The molecule has 0 aromatic carbocycles. The molecule has 0 amide bonds. The van der Waals surface area contributed by atoms with Crippen LogP contribution in [0.5, 0.6) is 0 Å². The molecule has 2 rings (SSSR count). The Labute approximate surface area is 115 Å². The van der Waals surface area contributed by atoms with Gasteiger partial charge >= 0.3 is 5.97 Å². The van der Waals surface area contributed by atoms with Crippen molar-refractivity contribution >= 4 is 5.97 Å². The van der Waals surface area contributed by atoms with E-state index in [9.17, 15) is 9.90 Å². The van der Waals surface area contributed by atoms with E-state index in [-0.39, 0.29) is 11.8 Å². The first-order valence-electron chi connectivity index (χ1n) is 7.14. The first-order chi connectivity index (χ1) is 8.99. The monoisotopic (exact) mass is 261 g/mol. The molecule has 1 aromatic heterocycles. The summed E-state index contributed by atoms with van der Waals surface area (Å²) < 4.78 is 0. The van der Waals surface area contributed by atoms with Crippen molar-refractivity contribution in [3.05, 3.63) is 29.6 Å². The SMILES string of the molecule is Cc1ccc(C2CC(C(C)C)CCC2C(=O)O)cn1. The summed E-state index contributed by atoms with van der Waals surface area (Å²) in [7, 11) is 0. The van der Waals surface area contributed by atoms with Gasteiger partial charge < -0.3 is 5.11 Å². The van der Waals surface area contributed by atoms with Gasteiger partial charge in [0.25, 0.3) is 0 Å². The molecule has 1 heterocycles. The lowest BCUT2D eigenvalue weighted by molar-refractivity contribution is -0.144. The van der Waals surface area contributed by atoms with Gasteiger partial charge in [-0.3, -0.25) is 9.78 Å². The molecule has 3 heteroatoms. The predicted octanol–water partition coefficient (Wildman–Crippen LogP) is 3.63. The summed E-state index contributed by atoms with van der Waals surface area (Å²) in [6.07, 6.45) is 4.65. The summed E-state index contributed by atoms with van der Waals surface area (Å²) >= 11 is 0. The predicted molar refractivity (Wildman–Crippen MR) is 75.0 cm³/mol. The van der Waals surface area contributed by atoms with E-state index in [0.29, 0.717) is 11.8 Å². The maximum absolute atomic E-state index is 11.5. The number of hydrogen-bond acceptors (Lipinski definition) is 2. The second kappa shape index (κ2) is 5.72. The molecule has 0 radical (unpaired) electrons. The van der Waals surface area contributed by atoms with Crippen molar-refractivity contribution in [2.45, 2.75) is 46.0 Å². The van der Waals surface area contributed by atoms with Gasteiger partial charge in [0.15, 0.2) is 0 Å². The third-order valence-electron chi connectivity index (χ3n) is 4.51. The molecule has 0 aliphatic heterocycles. The van der Waals surface area contributed by atoms with Crippen molar-refractivity contribution in [2.75, 3.05) is 0 Å². The van der Waals surface area contributed by atoms with Crippen LogP contribution in [0.25, 0.3) is 0 Å². The van der Waals surface area contributed by atoms with Gasteiger partial charge in [0.2, 0.25) is 0 Å². The highest BCUT2D eigenvalue weighted by Gasteiger charge is 2.36. The third kappa shape index (κ3) is 3.14. The molecule has 104 valence electrons. The van der Waals surface area contributed by atoms with E-state index in [0.717, 1.165) is 30.5 Å². The molecule has 1 N–H and O–H groups in total. The number of rotatable bonds is 3. The lowest BCUT2D eigenvalue weighted by Crippen LogP contribution is -2.31. The van der Waals surface area contributed by atoms with Crippen molar-refractivity contribution in [3.63, 3.8) is 0 Å². The van der Waals surface area contributed by atoms with Gasteiger partial charge in [-0.1, -0.05) is 19.9 Å². The number of nitrogens with zero attached hydrogens (tertiary/aromatic N) is 1. The van der Waals surface area contributed by atoms with Crippen LogP contribution in [-0.2, 0) is 4.79 Å². The number of carboxylic acids is 1. The van der Waals surface area contributed by atoms with Crippen LogP contribution in [0.3, 0.4) is 0 Å². The number of aromatic nitrogens is 1. The molecule has 0 saturated heterocycles. The number of hydrogen-bond donors (Lipinski definition) is 1. The molecule has 1 fully saturated rings. The fourth-order valence-electron chi connectivity index (χ4n) is 3.17. The maximum Gasteiger partial charge on any atom is 0.307 e. The zero-order chi connectivity index (χ0) is 14.0. The lowest BCUT2D eigenvalue weighted by atomic mass is 9.68. The average Bonchev–Trinajstić information content (AvgIpc) is 2.38. The molecule has 19 heavy (non-hydrogen) atoms. The van der Waals surface area contributed by atoms with Crippen LogP contribution in [0, 0.1) is 24.7 Å². The van der Waals surface area contributed by atoms with Crippen LogP contribution in [-0.4, -0.2) is 16.1 Å². The molecule has 3 unspecified atom stereocenters. The Balaban J connectivity index is 2.25. The van der Waals surface area contributed by atoms with Gasteiger partial charge in [0.1, 0.15) is 0 Å². The van der Waals surface area contributed by atoms with E-state index in [2.05, 4.69) is 18.8 Å². The molecule has 0 spiro atoms. The van der Waals surface area contributed by atoms with Gasteiger partial charge in [0.05, 0.1) is 5.92 Å². The van der Waals surface area contributed by atoms with Crippen LogP contribution >= 0.6 is 0 Å². The van der Waals surface area contributed by atoms with Crippen molar-refractivity contribution in [2.24, 2.45) is 17.8 Å². The molecule has 1 aromatic rings. The van der Waals surface area contributed by atoms with Crippen LogP contribution in [0.15, 0.2) is 18.3 Å². The van der Waals surface area contributed by atoms with Crippen molar-refractivity contribution in [1.82, 2.24) is 4.98 Å². The van der Waals surface area contributed by atoms with E-state index in [4.69, 9.17) is 0 Å². The quantitative estimate of drug-likeness (QED) is 0.904. The fourth-order valence-corrected chi connectivity index (χ4v) is 3.17. The summed E-state index contributed by atoms with van der Waals surface area (Å²) in [6.45, 7) is 6.42. The zero-order valence-electron chi connectivity index (χ0n) is 12.0. The standard InChI is InChI=1S/C16H23NO2/c1-10(2)12-6-7-14(16(18)19)15(8-12)13-5-4-11(3)17-9-13/h4-5,9-10,12,14-15H,6-8H2,1-3H3,(H,18,19). The summed E-state index contributed by atoms with van der Waals surface area (Å²) in [5.41, 5.74) is 2.06. The molecule has 3 atom stereocenters. The highest BCUT2D eigenvalue weighted by molar-refractivity contribution is 5.71. The van der Waals surface area contributed by atoms with Gasteiger partial charge in [-0.2, -0.15) is 0 Å². The normalized spacial score (nSPS) is 27.5. The molecule has 1 aliphatic rings. The average molecular weight is 261 g/mol. The Kier molecular flexibility index (Phi) is 4.23. The number of aliphatic carboxylic acids is 1. The fraction of sp³-hybridized carbons (Fsp3) is 0.625. The smallest absolute Gasteiger partial charge is 0.307 e. The Morgan fingerprint density at radius 2 is 2.11 bits per heavy atom. The molecular weight excluding hydrogens is 238 g/mol. The topological polar surface area (TPSA) is 50.2 Å². The van der Waals surface area contributed by atoms with Gasteiger partial charge in [-0.15, -0.1) is 0 Å². The summed E-state index contributed by atoms with van der Waals surface area (Å²) in [5.74, 6) is 0.455. The lowest BCUT2D eigenvalue weighted by Gasteiger charge is -2.36. The Morgan fingerprint density at radius 3 is 2.63 bits per heavy atom. The van der Waals surface area contributed by atoms with E-state index in [1.165, 1.54) is 0 Å². The Hall–Kier alpha value is -1.38. The van der Waals surface area contributed by atoms with Crippen molar-refractivity contribution in [3.8, 4) is 0 Å². The molecule has 1 aliphatic carbocycles. The third-order valence-corrected chi connectivity index (χ3v) is 4.51. The molecular formula is C16H23NO2. The largest absolute Gasteiger partial charge is 0.481 e. The minimum Gasteiger partial charge on any atom is -0.481 e. The molecule has 1 saturated carbocycles. The van der Waals surface area contributed by atoms with Crippen LogP contribution in [0.1, 0.15) is 50.3 Å². The highest BCUT2D eigenvalue weighted by Crippen LogP contribution is 2.43. The summed E-state index contributed by atoms with van der Waals surface area (Å²) in [4.78, 5) is 15.8. The van der Waals surface area contributed by atoms with E-state index >= 15 is 0 Å². The van der Waals surface area contributed by atoms with Gasteiger partial charge in [-0.05, 0) is 55.6 Å². The van der Waals surface area contributed by atoms with Crippen LogP contribution in [0.2, 0.25) is 0 Å². The summed E-state index contributed by atoms with van der Waals surface area (Å²) in [5, 5.41) is 9.43. The van der Waals surface area contributed by atoms with Crippen molar-refractivity contribution < 1.29 is 9.90 Å². The first kappa shape index (κ1) is 14.0. The molecule has 3 nitrogen and oxygen atoms in total. The van der Waals surface area contributed by atoms with E-state index in [1.807, 2.05) is 25.3 Å². The Morgan fingerprint density at radius 1 is 1.37 bits per heavy atom. The molecule has 0 bridgehead atoms. The second-order valence-corrected chi connectivity index (χ2v) is 6.10. The Bertz CT molecular complexity index is 439. The van der Waals surface area contributed by atoms with Crippen LogP contribution < -0.4 is 0 Å². The van der Waals surface area contributed by atoms with Gasteiger partial charge in [-0.25, -0.2) is 0 Å². The number of carbonyl (C=O) groups is 1.